The van der Waals surface area contributed by atoms with Crippen LogP contribution in [0.1, 0.15) is 26.7 Å². The van der Waals surface area contributed by atoms with Gasteiger partial charge in [-0.15, -0.1) is 0 Å². The van der Waals surface area contributed by atoms with Crippen molar-refractivity contribution in [1.82, 2.24) is 4.67 Å². The Balaban J connectivity index is 3.99. The summed E-state index contributed by atoms with van der Waals surface area (Å²) in [7, 11) is -1.98. The Bertz CT molecular complexity index is 135. The summed E-state index contributed by atoms with van der Waals surface area (Å²) in [6, 6.07) is 0. The fourth-order valence-corrected chi connectivity index (χ4v) is 2.47. The highest BCUT2D eigenvalue weighted by atomic mass is 31.2. The van der Waals surface area contributed by atoms with Crippen LogP contribution in [0.5, 0.6) is 0 Å². The third-order valence-corrected chi connectivity index (χ3v) is 3.41. The molecule has 0 aromatic carbocycles. The summed E-state index contributed by atoms with van der Waals surface area (Å²) in [5.41, 5.74) is 0. The SMILES string of the molecule is CCCN(CCC)P(C)(C)=O. The lowest BCUT2D eigenvalue weighted by molar-refractivity contribution is 0.415. The lowest BCUT2D eigenvalue weighted by atomic mass is 10.4. The van der Waals surface area contributed by atoms with E-state index in [9.17, 15) is 4.57 Å². The average molecular weight is 177 g/mol. The minimum absolute atomic E-state index is 0.970. The van der Waals surface area contributed by atoms with Gasteiger partial charge >= 0.3 is 0 Å². The van der Waals surface area contributed by atoms with Crippen LogP contribution in [0.15, 0.2) is 0 Å². The van der Waals surface area contributed by atoms with Gasteiger partial charge < -0.3 is 4.57 Å². The van der Waals surface area contributed by atoms with E-state index in [0.29, 0.717) is 0 Å². The molecule has 0 aliphatic heterocycles. The smallest absolute Gasteiger partial charge is 0.144 e. The van der Waals surface area contributed by atoms with Crippen LogP contribution in [-0.2, 0) is 4.57 Å². The summed E-state index contributed by atoms with van der Waals surface area (Å²) in [6.07, 6.45) is 2.18. The fraction of sp³-hybridized carbons (Fsp3) is 1.00. The molecule has 11 heavy (non-hydrogen) atoms. The molecule has 68 valence electrons. The van der Waals surface area contributed by atoms with E-state index in [1.807, 2.05) is 13.3 Å². The van der Waals surface area contributed by atoms with Gasteiger partial charge in [0.25, 0.3) is 0 Å². The molecule has 0 bridgehead atoms. The largest absolute Gasteiger partial charge is 0.307 e. The molecule has 0 amide bonds. The van der Waals surface area contributed by atoms with E-state index in [-0.39, 0.29) is 0 Å². The molecule has 0 atom stereocenters. The molecule has 2 nitrogen and oxygen atoms in total. The Hall–Kier alpha value is 0.190. The number of rotatable bonds is 5. The van der Waals surface area contributed by atoms with Crippen LogP contribution in [0.25, 0.3) is 0 Å². The Morgan fingerprint density at radius 1 is 1.09 bits per heavy atom. The first-order chi connectivity index (χ1) is 5.02. The maximum Gasteiger partial charge on any atom is 0.144 e. The summed E-state index contributed by atoms with van der Waals surface area (Å²) in [4.78, 5) is 0. The van der Waals surface area contributed by atoms with Crippen LogP contribution >= 0.6 is 7.29 Å². The molecule has 3 heteroatoms. The van der Waals surface area contributed by atoms with Crippen molar-refractivity contribution in [2.24, 2.45) is 0 Å². The molecule has 0 saturated heterocycles. The molecular formula is C8H20NOP. The predicted molar refractivity (Wildman–Crippen MR) is 51.6 cm³/mol. The van der Waals surface area contributed by atoms with Crippen molar-refractivity contribution < 1.29 is 4.57 Å². The van der Waals surface area contributed by atoms with Gasteiger partial charge in [-0.1, -0.05) is 13.8 Å². The van der Waals surface area contributed by atoms with Gasteiger partial charge in [0.2, 0.25) is 0 Å². The van der Waals surface area contributed by atoms with Gasteiger partial charge in [-0.2, -0.15) is 0 Å². The van der Waals surface area contributed by atoms with Gasteiger partial charge in [0.1, 0.15) is 7.29 Å². The van der Waals surface area contributed by atoms with Crippen LogP contribution in [0.3, 0.4) is 0 Å². The normalized spacial score (nSPS) is 12.5. The van der Waals surface area contributed by atoms with Gasteiger partial charge in [0.15, 0.2) is 0 Å². The Morgan fingerprint density at radius 3 is 1.64 bits per heavy atom. The predicted octanol–water partition coefficient (Wildman–Crippen LogP) is 2.65. The van der Waals surface area contributed by atoms with Gasteiger partial charge in [0, 0.05) is 26.4 Å². The maximum absolute atomic E-state index is 11.6. The van der Waals surface area contributed by atoms with Crippen molar-refractivity contribution in [3.05, 3.63) is 0 Å². The first kappa shape index (κ1) is 11.2. The summed E-state index contributed by atoms with van der Waals surface area (Å²) < 4.78 is 13.7. The highest BCUT2D eigenvalue weighted by Gasteiger charge is 2.16. The third-order valence-electron chi connectivity index (χ3n) is 1.64. The van der Waals surface area contributed by atoms with E-state index in [1.165, 1.54) is 0 Å². The van der Waals surface area contributed by atoms with Crippen molar-refractivity contribution in [1.29, 1.82) is 0 Å². The molecule has 0 radical (unpaired) electrons. The quantitative estimate of drug-likeness (QED) is 0.602. The van der Waals surface area contributed by atoms with Crippen LogP contribution in [-0.4, -0.2) is 31.1 Å². The molecule has 0 saturated carbocycles. The van der Waals surface area contributed by atoms with Crippen molar-refractivity contribution in [2.45, 2.75) is 26.7 Å². The van der Waals surface area contributed by atoms with E-state index < -0.39 is 7.29 Å². The number of nitrogens with zero attached hydrogens (tertiary/aromatic N) is 1. The summed E-state index contributed by atoms with van der Waals surface area (Å²) in [5, 5.41) is 0. The summed E-state index contributed by atoms with van der Waals surface area (Å²) in [6.45, 7) is 9.88. The van der Waals surface area contributed by atoms with E-state index in [0.717, 1.165) is 25.9 Å². The standard InChI is InChI=1S/C8H20NOP/c1-5-7-9(8-6-2)11(3,4)10/h5-8H2,1-4H3. The second-order valence-electron chi connectivity index (χ2n) is 3.25. The number of hydrogen-bond donors (Lipinski definition) is 0. The first-order valence-corrected chi connectivity index (χ1v) is 6.88. The molecule has 0 heterocycles. The molecule has 0 unspecified atom stereocenters. The van der Waals surface area contributed by atoms with Crippen LogP contribution in [0, 0.1) is 0 Å². The van der Waals surface area contributed by atoms with Crippen LogP contribution in [0.2, 0.25) is 0 Å². The van der Waals surface area contributed by atoms with Crippen molar-refractivity contribution in [3.8, 4) is 0 Å². The molecule has 0 fully saturated rings. The highest BCUT2D eigenvalue weighted by molar-refractivity contribution is 7.59. The van der Waals surface area contributed by atoms with Gasteiger partial charge in [-0.05, 0) is 12.8 Å². The van der Waals surface area contributed by atoms with E-state index in [1.54, 1.807) is 0 Å². The van der Waals surface area contributed by atoms with Crippen LogP contribution in [0.4, 0.5) is 0 Å². The van der Waals surface area contributed by atoms with Crippen molar-refractivity contribution in [2.75, 3.05) is 26.4 Å². The first-order valence-electron chi connectivity index (χ1n) is 4.32. The second kappa shape index (κ2) is 4.95. The Kier molecular flexibility index (Phi) is 5.03. The zero-order valence-corrected chi connectivity index (χ0v) is 9.03. The monoisotopic (exact) mass is 177 g/mol. The van der Waals surface area contributed by atoms with E-state index >= 15 is 0 Å². The molecule has 0 N–H and O–H groups in total. The lowest BCUT2D eigenvalue weighted by Crippen LogP contribution is -2.21. The van der Waals surface area contributed by atoms with Crippen molar-refractivity contribution >= 4 is 7.29 Å². The third kappa shape index (κ3) is 4.60. The van der Waals surface area contributed by atoms with Gasteiger partial charge in [0.05, 0.1) is 0 Å². The topological polar surface area (TPSA) is 20.3 Å². The zero-order chi connectivity index (χ0) is 8.91. The Labute approximate surface area is 70.4 Å². The minimum atomic E-state index is -1.98. The maximum atomic E-state index is 11.6. The number of hydrogen-bond acceptors (Lipinski definition) is 1. The Morgan fingerprint density at radius 2 is 1.45 bits per heavy atom. The van der Waals surface area contributed by atoms with Crippen molar-refractivity contribution in [3.63, 3.8) is 0 Å². The van der Waals surface area contributed by atoms with E-state index in [4.69, 9.17) is 0 Å². The minimum Gasteiger partial charge on any atom is -0.307 e. The zero-order valence-electron chi connectivity index (χ0n) is 8.13. The van der Waals surface area contributed by atoms with Crippen LogP contribution < -0.4 is 0 Å². The molecule has 0 aromatic rings. The molecule has 0 rings (SSSR count). The summed E-state index contributed by atoms with van der Waals surface area (Å²) >= 11 is 0. The molecular weight excluding hydrogens is 157 g/mol. The molecule has 0 aliphatic rings. The fourth-order valence-electron chi connectivity index (χ4n) is 1.11. The highest BCUT2D eigenvalue weighted by Crippen LogP contribution is 2.40. The van der Waals surface area contributed by atoms with Gasteiger partial charge in [-0.3, -0.25) is 4.67 Å². The summed E-state index contributed by atoms with van der Waals surface area (Å²) in [5.74, 6) is 0. The van der Waals surface area contributed by atoms with Gasteiger partial charge in [-0.25, -0.2) is 0 Å². The molecule has 0 aliphatic carbocycles. The molecule has 0 aromatic heterocycles. The average Bonchev–Trinajstić information content (AvgIpc) is 1.85. The molecule has 0 spiro atoms. The second-order valence-corrected chi connectivity index (χ2v) is 6.40. The lowest BCUT2D eigenvalue weighted by Gasteiger charge is -2.25. The van der Waals surface area contributed by atoms with E-state index in [2.05, 4.69) is 18.5 Å².